The number of nitrogens with zero attached hydrogens (tertiary/aromatic N) is 3. The summed E-state index contributed by atoms with van der Waals surface area (Å²) in [6, 6.07) is 15.3. The first-order valence-electron chi connectivity index (χ1n) is 11.6. The average molecular weight is 449 g/mol. The highest BCUT2D eigenvalue weighted by Gasteiger charge is 2.36. The van der Waals surface area contributed by atoms with Gasteiger partial charge in [-0.3, -0.25) is 14.5 Å². The van der Waals surface area contributed by atoms with Crippen molar-refractivity contribution in [1.82, 2.24) is 9.80 Å². The number of carbonyl (C=O) groups is 2. The zero-order chi connectivity index (χ0) is 23.5. The number of likely N-dealkylation sites (N-methyl/N-ethyl adjacent to an activating group) is 2. The van der Waals surface area contributed by atoms with Gasteiger partial charge in [-0.05, 0) is 62.4 Å². The second kappa shape index (κ2) is 9.67. The zero-order valence-electron chi connectivity index (χ0n) is 19.8. The number of rotatable bonds is 7. The Hall–Kier alpha value is -3.32. The van der Waals surface area contributed by atoms with Crippen molar-refractivity contribution in [2.75, 3.05) is 50.0 Å². The van der Waals surface area contributed by atoms with E-state index in [0.717, 1.165) is 54.7 Å². The van der Waals surface area contributed by atoms with Gasteiger partial charge in [0, 0.05) is 44.6 Å². The molecule has 0 unspecified atom stereocenters. The van der Waals surface area contributed by atoms with E-state index >= 15 is 0 Å². The third-order valence-electron chi connectivity index (χ3n) is 6.12. The number of nitrogens with one attached hydrogen (secondary N) is 1. The van der Waals surface area contributed by atoms with Crippen molar-refractivity contribution < 1.29 is 14.3 Å². The van der Waals surface area contributed by atoms with Gasteiger partial charge in [0.15, 0.2) is 0 Å². The van der Waals surface area contributed by atoms with E-state index < -0.39 is 0 Å². The van der Waals surface area contributed by atoms with Gasteiger partial charge in [-0.15, -0.1) is 0 Å². The van der Waals surface area contributed by atoms with Crippen LogP contribution in [0.3, 0.4) is 0 Å². The van der Waals surface area contributed by atoms with Crippen LogP contribution in [-0.4, -0.2) is 67.5 Å². The molecule has 0 spiro atoms. The second-order valence-electron chi connectivity index (χ2n) is 8.70. The van der Waals surface area contributed by atoms with Crippen molar-refractivity contribution in [2.45, 2.75) is 26.9 Å². The van der Waals surface area contributed by atoms with Gasteiger partial charge in [-0.1, -0.05) is 19.1 Å². The quantitative estimate of drug-likeness (QED) is 0.655. The monoisotopic (exact) mass is 448 g/mol. The summed E-state index contributed by atoms with van der Waals surface area (Å²) in [5, 5.41) is 3.20. The Balaban J connectivity index is 1.55. The fraction of sp³-hybridized carbons (Fsp3) is 0.385. The van der Waals surface area contributed by atoms with E-state index in [9.17, 15) is 9.59 Å². The molecule has 2 aromatic carbocycles. The lowest BCUT2D eigenvalue weighted by Crippen LogP contribution is -2.46. The Labute approximate surface area is 195 Å². The summed E-state index contributed by atoms with van der Waals surface area (Å²) in [6.45, 7) is 11.3. The van der Waals surface area contributed by atoms with Gasteiger partial charge in [0.25, 0.3) is 11.8 Å². The Bertz CT molecular complexity index is 1040. The van der Waals surface area contributed by atoms with E-state index in [1.165, 1.54) is 7.05 Å². The summed E-state index contributed by atoms with van der Waals surface area (Å²) in [6.07, 6.45) is 0.0617. The maximum atomic E-state index is 12.9. The molecule has 1 fully saturated rings. The number of piperazine rings is 1. The molecule has 0 radical (unpaired) electrons. The second-order valence-corrected chi connectivity index (χ2v) is 8.70. The van der Waals surface area contributed by atoms with Crippen LogP contribution in [0.2, 0.25) is 0 Å². The van der Waals surface area contributed by atoms with Gasteiger partial charge >= 0.3 is 0 Å². The molecular formula is C26H32N4O3. The molecule has 0 aliphatic carbocycles. The molecule has 1 N–H and O–H groups in total. The van der Waals surface area contributed by atoms with Crippen molar-refractivity contribution in [3.63, 3.8) is 0 Å². The Morgan fingerprint density at radius 1 is 0.909 bits per heavy atom. The third kappa shape index (κ3) is 4.88. The summed E-state index contributed by atoms with van der Waals surface area (Å²) in [4.78, 5) is 31.7. The van der Waals surface area contributed by atoms with Crippen LogP contribution in [0.5, 0.6) is 5.75 Å². The van der Waals surface area contributed by atoms with E-state index in [4.69, 9.17) is 4.74 Å². The third-order valence-corrected chi connectivity index (χ3v) is 6.12. The van der Waals surface area contributed by atoms with Crippen LogP contribution in [0.1, 0.15) is 26.3 Å². The van der Waals surface area contributed by atoms with Gasteiger partial charge in [0.1, 0.15) is 11.4 Å². The molecule has 174 valence electrons. The SMILES string of the molecule is CCN1CCN(c2ccc(NC3=C(c4ccc(OC(C)C)cc4)C(=O)N(C)C3=O)cc2)CC1. The number of benzene rings is 2. The first-order chi connectivity index (χ1) is 15.9. The Kier molecular flexibility index (Phi) is 6.70. The lowest BCUT2D eigenvalue weighted by Gasteiger charge is -2.35. The van der Waals surface area contributed by atoms with Crippen molar-refractivity contribution >= 4 is 28.8 Å². The molecule has 2 aliphatic rings. The minimum Gasteiger partial charge on any atom is -0.491 e. The predicted molar refractivity (Wildman–Crippen MR) is 131 cm³/mol. The van der Waals surface area contributed by atoms with Crippen LogP contribution in [0.4, 0.5) is 11.4 Å². The van der Waals surface area contributed by atoms with Crippen LogP contribution < -0.4 is 15.0 Å². The maximum Gasteiger partial charge on any atom is 0.277 e. The minimum absolute atomic E-state index is 0.0617. The average Bonchev–Trinajstić information content (AvgIpc) is 3.03. The lowest BCUT2D eigenvalue weighted by molar-refractivity contribution is -0.135. The summed E-state index contributed by atoms with van der Waals surface area (Å²) in [5.41, 5.74) is 3.29. The molecular weight excluding hydrogens is 416 g/mol. The normalized spacial score (nSPS) is 17.4. The number of hydrogen-bond donors (Lipinski definition) is 1. The van der Waals surface area contributed by atoms with E-state index in [0.29, 0.717) is 16.8 Å². The number of carbonyl (C=O) groups excluding carboxylic acids is 2. The van der Waals surface area contributed by atoms with Crippen molar-refractivity contribution in [2.24, 2.45) is 0 Å². The fourth-order valence-corrected chi connectivity index (χ4v) is 4.22. The number of ether oxygens (including phenoxy) is 1. The van der Waals surface area contributed by atoms with Crippen molar-refractivity contribution in [3.05, 3.63) is 59.8 Å². The smallest absolute Gasteiger partial charge is 0.277 e. The van der Waals surface area contributed by atoms with Crippen molar-refractivity contribution in [1.29, 1.82) is 0 Å². The summed E-state index contributed by atoms with van der Waals surface area (Å²) >= 11 is 0. The van der Waals surface area contributed by atoms with Crippen LogP contribution in [0, 0.1) is 0 Å². The van der Waals surface area contributed by atoms with Crippen LogP contribution in [0.25, 0.3) is 5.57 Å². The molecule has 2 heterocycles. The largest absolute Gasteiger partial charge is 0.491 e. The van der Waals surface area contributed by atoms with Gasteiger partial charge < -0.3 is 19.9 Å². The Morgan fingerprint density at radius 2 is 1.55 bits per heavy atom. The topological polar surface area (TPSA) is 65.1 Å². The molecule has 7 nitrogen and oxygen atoms in total. The molecule has 0 bridgehead atoms. The molecule has 7 heteroatoms. The van der Waals surface area contributed by atoms with E-state index in [-0.39, 0.29) is 17.9 Å². The Morgan fingerprint density at radius 3 is 2.12 bits per heavy atom. The van der Waals surface area contributed by atoms with Crippen LogP contribution >= 0.6 is 0 Å². The lowest BCUT2D eigenvalue weighted by atomic mass is 10.0. The number of amides is 2. The highest BCUT2D eigenvalue weighted by atomic mass is 16.5. The predicted octanol–water partition coefficient (Wildman–Crippen LogP) is 3.44. The summed E-state index contributed by atoms with van der Waals surface area (Å²) in [5.74, 6) is 0.0760. The highest BCUT2D eigenvalue weighted by molar-refractivity contribution is 6.36. The van der Waals surface area contributed by atoms with Crippen LogP contribution in [0.15, 0.2) is 54.2 Å². The molecule has 0 saturated carbocycles. The van der Waals surface area contributed by atoms with Gasteiger partial charge in [0.05, 0.1) is 11.7 Å². The molecule has 2 amide bonds. The molecule has 0 aromatic heterocycles. The highest BCUT2D eigenvalue weighted by Crippen LogP contribution is 2.31. The minimum atomic E-state index is -0.336. The molecule has 2 aliphatic heterocycles. The van der Waals surface area contributed by atoms with E-state index in [1.54, 1.807) is 0 Å². The molecule has 33 heavy (non-hydrogen) atoms. The number of imide groups is 1. The van der Waals surface area contributed by atoms with Gasteiger partial charge in [-0.25, -0.2) is 0 Å². The number of hydrogen-bond acceptors (Lipinski definition) is 6. The van der Waals surface area contributed by atoms with Crippen molar-refractivity contribution in [3.8, 4) is 5.75 Å². The molecule has 0 atom stereocenters. The fourth-order valence-electron chi connectivity index (χ4n) is 4.22. The zero-order valence-corrected chi connectivity index (χ0v) is 19.8. The molecule has 4 rings (SSSR count). The summed E-state index contributed by atoms with van der Waals surface area (Å²) in [7, 11) is 1.51. The van der Waals surface area contributed by atoms with E-state index in [1.807, 2.05) is 50.2 Å². The summed E-state index contributed by atoms with van der Waals surface area (Å²) < 4.78 is 5.70. The molecule has 1 saturated heterocycles. The van der Waals surface area contributed by atoms with E-state index in [2.05, 4.69) is 34.2 Å². The standard InChI is InChI=1S/C26H32N4O3/c1-5-29-14-16-30(17-15-29)21-10-8-20(9-11-21)27-24-23(25(31)28(4)26(24)32)19-6-12-22(13-7-19)33-18(2)3/h6-13,18,27H,5,14-17H2,1-4H3. The van der Waals surface area contributed by atoms with Gasteiger partial charge in [-0.2, -0.15) is 0 Å². The van der Waals surface area contributed by atoms with Crippen LogP contribution in [-0.2, 0) is 9.59 Å². The number of anilines is 2. The van der Waals surface area contributed by atoms with Gasteiger partial charge in [0.2, 0.25) is 0 Å². The first kappa shape index (κ1) is 22.9. The maximum absolute atomic E-state index is 12.9. The molecule has 2 aromatic rings. The first-order valence-corrected chi connectivity index (χ1v) is 11.6.